The highest BCUT2D eigenvalue weighted by atomic mass is 32.2. The Kier molecular flexibility index (Phi) is 5.77. The molecule has 5 nitrogen and oxygen atoms in total. The van der Waals surface area contributed by atoms with Gasteiger partial charge in [0.2, 0.25) is 0 Å². The van der Waals surface area contributed by atoms with Crippen LogP contribution < -0.4 is 0 Å². The Labute approximate surface area is 180 Å². The number of aryl methyl sites for hydroxylation is 2. The molecular formula is C24H22N4OS. The molecule has 2 aromatic carbocycles. The molecule has 0 saturated carbocycles. The van der Waals surface area contributed by atoms with Crippen molar-refractivity contribution in [3.63, 3.8) is 0 Å². The number of nitrogens with zero attached hydrogens (tertiary/aromatic N) is 4. The van der Waals surface area contributed by atoms with Gasteiger partial charge < -0.3 is 0 Å². The van der Waals surface area contributed by atoms with Gasteiger partial charge in [-0.05, 0) is 56.7 Å². The maximum absolute atomic E-state index is 13.2. The van der Waals surface area contributed by atoms with E-state index in [1.165, 1.54) is 11.8 Å². The monoisotopic (exact) mass is 414 g/mol. The van der Waals surface area contributed by atoms with E-state index in [0.717, 1.165) is 33.8 Å². The molecule has 30 heavy (non-hydrogen) atoms. The topological polar surface area (TPSA) is 60.7 Å². The van der Waals surface area contributed by atoms with Crippen molar-refractivity contribution in [1.82, 2.24) is 19.7 Å². The Bertz CT molecular complexity index is 1170. The summed E-state index contributed by atoms with van der Waals surface area (Å²) in [5.74, 6) is 0.812. The minimum Gasteiger partial charge on any atom is -0.293 e. The van der Waals surface area contributed by atoms with Crippen LogP contribution in [0.1, 0.15) is 28.4 Å². The zero-order valence-corrected chi connectivity index (χ0v) is 17.9. The van der Waals surface area contributed by atoms with E-state index in [-0.39, 0.29) is 11.0 Å². The summed E-state index contributed by atoms with van der Waals surface area (Å²) < 4.78 is 1.99. The number of hydrogen-bond donors (Lipinski definition) is 0. The summed E-state index contributed by atoms with van der Waals surface area (Å²) in [7, 11) is 0. The third kappa shape index (κ3) is 4.04. The minimum absolute atomic E-state index is 0.0919. The highest BCUT2D eigenvalue weighted by Crippen LogP contribution is 2.31. The number of para-hydroxylation sites is 1. The van der Waals surface area contributed by atoms with Crippen LogP contribution in [0.15, 0.2) is 78.2 Å². The predicted octanol–water partition coefficient (Wildman–Crippen LogP) is 5.31. The summed E-state index contributed by atoms with van der Waals surface area (Å²) in [6, 6.07) is 19.7. The van der Waals surface area contributed by atoms with Crippen LogP contribution >= 0.6 is 11.8 Å². The molecule has 0 fully saturated rings. The Hall–Kier alpha value is -3.25. The number of pyridine rings is 1. The van der Waals surface area contributed by atoms with Crippen LogP contribution in [0.3, 0.4) is 0 Å². The van der Waals surface area contributed by atoms with Crippen LogP contribution in [0.25, 0.3) is 17.1 Å². The van der Waals surface area contributed by atoms with Crippen LogP contribution in [-0.4, -0.2) is 30.8 Å². The lowest BCUT2D eigenvalue weighted by Gasteiger charge is -2.14. The zero-order valence-electron chi connectivity index (χ0n) is 17.1. The van der Waals surface area contributed by atoms with Crippen LogP contribution in [0, 0.1) is 13.8 Å². The molecule has 0 aliphatic heterocycles. The van der Waals surface area contributed by atoms with Crippen molar-refractivity contribution in [1.29, 1.82) is 0 Å². The lowest BCUT2D eigenvalue weighted by Crippen LogP contribution is -2.16. The van der Waals surface area contributed by atoms with Crippen molar-refractivity contribution in [3.05, 3.63) is 89.7 Å². The molecule has 1 atom stereocenters. The minimum atomic E-state index is -0.303. The summed E-state index contributed by atoms with van der Waals surface area (Å²) in [6.07, 6.45) is 3.47. The number of rotatable bonds is 6. The molecule has 0 aliphatic rings. The second kappa shape index (κ2) is 8.63. The van der Waals surface area contributed by atoms with Gasteiger partial charge in [-0.3, -0.25) is 14.3 Å². The van der Waals surface area contributed by atoms with E-state index in [0.29, 0.717) is 5.16 Å². The van der Waals surface area contributed by atoms with Gasteiger partial charge in [0.15, 0.2) is 16.8 Å². The van der Waals surface area contributed by atoms with Gasteiger partial charge >= 0.3 is 0 Å². The van der Waals surface area contributed by atoms with Gasteiger partial charge in [-0.15, -0.1) is 10.2 Å². The molecule has 0 bridgehead atoms. The first kappa shape index (κ1) is 20.0. The fraction of sp³-hybridized carbons (Fsp3) is 0.167. The molecular weight excluding hydrogens is 392 g/mol. The smallest absolute Gasteiger partial charge is 0.196 e. The second-order valence-corrected chi connectivity index (χ2v) is 8.46. The maximum atomic E-state index is 13.2. The van der Waals surface area contributed by atoms with E-state index in [2.05, 4.69) is 15.2 Å². The number of Topliss-reactive ketones (excluding diaryl/α,β-unsaturated/α-hetero) is 1. The normalized spacial score (nSPS) is 12.0. The Morgan fingerprint density at radius 1 is 0.967 bits per heavy atom. The fourth-order valence-electron chi connectivity index (χ4n) is 3.28. The molecule has 4 rings (SSSR count). The zero-order chi connectivity index (χ0) is 21.1. The second-order valence-electron chi connectivity index (χ2n) is 7.16. The summed E-state index contributed by atoms with van der Waals surface area (Å²) in [5.41, 5.74) is 4.69. The Balaban J connectivity index is 1.72. The molecule has 150 valence electrons. The molecule has 4 aromatic rings. The average Bonchev–Trinajstić information content (AvgIpc) is 3.19. The maximum Gasteiger partial charge on any atom is 0.196 e. The predicted molar refractivity (Wildman–Crippen MR) is 120 cm³/mol. The van der Waals surface area contributed by atoms with Crippen molar-refractivity contribution >= 4 is 17.5 Å². The molecule has 0 saturated heterocycles. The Morgan fingerprint density at radius 2 is 1.70 bits per heavy atom. The molecule has 0 aliphatic carbocycles. The Morgan fingerprint density at radius 3 is 2.43 bits per heavy atom. The van der Waals surface area contributed by atoms with Crippen LogP contribution in [0.5, 0.6) is 0 Å². The van der Waals surface area contributed by atoms with E-state index >= 15 is 0 Å². The van der Waals surface area contributed by atoms with Gasteiger partial charge in [-0.1, -0.05) is 47.7 Å². The van der Waals surface area contributed by atoms with Crippen molar-refractivity contribution < 1.29 is 4.79 Å². The van der Waals surface area contributed by atoms with E-state index in [9.17, 15) is 4.79 Å². The highest BCUT2D eigenvalue weighted by molar-refractivity contribution is 8.00. The first-order valence-corrected chi connectivity index (χ1v) is 10.6. The van der Waals surface area contributed by atoms with Crippen molar-refractivity contribution in [2.24, 2.45) is 0 Å². The number of thioether (sulfide) groups is 1. The molecule has 0 amide bonds. The molecule has 6 heteroatoms. The molecule has 2 heterocycles. The van der Waals surface area contributed by atoms with Gasteiger partial charge in [0.05, 0.1) is 5.25 Å². The molecule has 0 spiro atoms. The average molecular weight is 415 g/mol. The van der Waals surface area contributed by atoms with Gasteiger partial charge in [-0.2, -0.15) is 0 Å². The molecule has 0 N–H and O–H groups in total. The number of carbonyl (C=O) groups is 1. The summed E-state index contributed by atoms with van der Waals surface area (Å²) in [4.78, 5) is 17.3. The summed E-state index contributed by atoms with van der Waals surface area (Å²) in [6.45, 7) is 5.89. The number of aromatic nitrogens is 4. The van der Waals surface area contributed by atoms with Crippen LogP contribution in [0.2, 0.25) is 0 Å². The quantitative estimate of drug-likeness (QED) is 0.316. The number of ketones is 1. The molecule has 0 radical (unpaired) electrons. The van der Waals surface area contributed by atoms with E-state index in [1.807, 2.05) is 86.0 Å². The van der Waals surface area contributed by atoms with Gasteiger partial charge in [0, 0.05) is 29.2 Å². The first-order chi connectivity index (χ1) is 14.5. The largest absolute Gasteiger partial charge is 0.293 e. The van der Waals surface area contributed by atoms with Crippen LogP contribution in [0.4, 0.5) is 0 Å². The van der Waals surface area contributed by atoms with E-state index in [4.69, 9.17) is 0 Å². The van der Waals surface area contributed by atoms with Crippen molar-refractivity contribution in [2.45, 2.75) is 31.2 Å². The highest BCUT2D eigenvalue weighted by Gasteiger charge is 2.23. The molecule has 1 unspecified atom stereocenters. The first-order valence-electron chi connectivity index (χ1n) is 9.74. The van der Waals surface area contributed by atoms with Crippen molar-refractivity contribution in [3.8, 4) is 17.1 Å². The fourth-order valence-corrected chi connectivity index (χ4v) is 4.21. The third-order valence-corrected chi connectivity index (χ3v) is 5.94. The summed E-state index contributed by atoms with van der Waals surface area (Å²) >= 11 is 1.42. The lowest BCUT2D eigenvalue weighted by molar-refractivity contribution is 0.0993. The standard InChI is InChI=1S/C24H22N4OS/c1-16-9-10-17(2)21(15-16)22(29)18(3)30-24-27-26-23(19-11-13-25-14-12-19)28(24)20-7-5-4-6-8-20/h4-15,18H,1-3H3. The van der Waals surface area contributed by atoms with Gasteiger partial charge in [0.1, 0.15) is 0 Å². The van der Waals surface area contributed by atoms with E-state index in [1.54, 1.807) is 12.4 Å². The lowest BCUT2D eigenvalue weighted by atomic mass is 10.0. The van der Waals surface area contributed by atoms with Gasteiger partial charge in [0.25, 0.3) is 0 Å². The van der Waals surface area contributed by atoms with E-state index < -0.39 is 0 Å². The van der Waals surface area contributed by atoms with Crippen LogP contribution in [-0.2, 0) is 0 Å². The molecule has 2 aromatic heterocycles. The number of benzene rings is 2. The third-order valence-electron chi connectivity index (χ3n) is 4.90. The van der Waals surface area contributed by atoms with Crippen molar-refractivity contribution in [2.75, 3.05) is 0 Å². The number of carbonyl (C=O) groups excluding carboxylic acids is 1. The van der Waals surface area contributed by atoms with Gasteiger partial charge in [-0.25, -0.2) is 0 Å². The SMILES string of the molecule is Cc1ccc(C)c(C(=O)C(C)Sc2nnc(-c3ccncc3)n2-c2ccccc2)c1. The number of hydrogen-bond acceptors (Lipinski definition) is 5. The summed E-state index contributed by atoms with van der Waals surface area (Å²) in [5, 5.41) is 9.24.